The average molecular weight is 448 g/mol. The summed E-state index contributed by atoms with van der Waals surface area (Å²) in [7, 11) is 2.06. The molecule has 0 radical (unpaired) electrons. The molecule has 0 aliphatic carbocycles. The van der Waals surface area contributed by atoms with Crippen molar-refractivity contribution >= 4 is 23.0 Å². The van der Waals surface area contributed by atoms with E-state index in [-0.39, 0.29) is 0 Å². The molecule has 166 valence electrons. The first-order valence-electron chi connectivity index (χ1n) is 11.8. The van der Waals surface area contributed by atoms with Crippen LogP contribution in [0.25, 0.3) is 5.70 Å². The Kier molecular flexibility index (Phi) is 5.70. The zero-order valence-electron chi connectivity index (χ0n) is 19.0. The van der Waals surface area contributed by atoms with Crippen molar-refractivity contribution < 1.29 is 4.48 Å². The lowest BCUT2D eigenvalue weighted by Gasteiger charge is -2.34. The van der Waals surface area contributed by atoms with Crippen molar-refractivity contribution in [3.63, 3.8) is 0 Å². The molecule has 3 aliphatic heterocycles. The van der Waals surface area contributed by atoms with Crippen LogP contribution in [0.2, 0.25) is 5.02 Å². The van der Waals surface area contributed by atoms with Crippen molar-refractivity contribution in [2.75, 3.05) is 32.0 Å². The number of aromatic nitrogens is 1. The summed E-state index contributed by atoms with van der Waals surface area (Å²) in [5.41, 5.74) is 10.3. The van der Waals surface area contributed by atoms with Crippen LogP contribution >= 0.6 is 11.6 Å². The number of hydrogen-bond acceptors (Lipinski definition) is 3. The number of nitrogens with zero attached hydrogens (tertiary/aromatic N) is 2. The van der Waals surface area contributed by atoms with Gasteiger partial charge >= 0.3 is 0 Å². The van der Waals surface area contributed by atoms with E-state index in [0.29, 0.717) is 5.92 Å². The molecule has 5 heteroatoms. The second-order valence-electron chi connectivity index (χ2n) is 9.07. The molecule has 4 heterocycles. The zero-order chi connectivity index (χ0) is 22.3. The van der Waals surface area contributed by atoms with Crippen molar-refractivity contribution in [2.24, 2.45) is 5.92 Å². The van der Waals surface area contributed by atoms with Gasteiger partial charge in [0, 0.05) is 48.1 Å². The maximum Gasteiger partial charge on any atom is 0.170 e. The van der Waals surface area contributed by atoms with Gasteiger partial charge < -0.3 is 10.6 Å². The van der Waals surface area contributed by atoms with E-state index in [4.69, 9.17) is 11.6 Å². The third kappa shape index (κ3) is 3.16. The molecule has 4 nitrogen and oxygen atoms in total. The Morgan fingerprint density at radius 2 is 2.16 bits per heavy atom. The Balaban J connectivity index is 1.76. The maximum absolute atomic E-state index is 6.58. The second-order valence-corrected chi connectivity index (χ2v) is 9.47. The third-order valence-electron chi connectivity index (χ3n) is 7.45. The van der Waals surface area contributed by atoms with Crippen LogP contribution in [0.15, 0.2) is 66.3 Å². The predicted octanol–water partition coefficient (Wildman–Crippen LogP) is 5.53. The van der Waals surface area contributed by atoms with Gasteiger partial charge in [-0.3, -0.25) is 9.47 Å². The van der Waals surface area contributed by atoms with Crippen molar-refractivity contribution in [3.05, 3.63) is 88.0 Å². The number of rotatable bonds is 6. The first kappa shape index (κ1) is 21.4. The molecule has 0 saturated carbocycles. The molecular formula is C27H32ClN4+. The Bertz CT molecular complexity index is 1130. The normalized spacial score (nSPS) is 24.2. The summed E-state index contributed by atoms with van der Waals surface area (Å²) < 4.78 is 0.953. The molecule has 3 aliphatic rings. The fraction of sp³-hybridized carbons (Fsp3) is 0.370. The third-order valence-corrected chi connectivity index (χ3v) is 7.80. The van der Waals surface area contributed by atoms with Gasteiger partial charge in [0.1, 0.15) is 11.4 Å². The van der Waals surface area contributed by atoms with Gasteiger partial charge in [-0.2, -0.15) is 0 Å². The molecule has 1 spiro atoms. The van der Waals surface area contributed by atoms with E-state index < -0.39 is 0 Å². The van der Waals surface area contributed by atoms with Gasteiger partial charge in [-0.25, -0.2) is 0 Å². The molecule has 1 fully saturated rings. The fourth-order valence-corrected chi connectivity index (χ4v) is 6.50. The molecule has 32 heavy (non-hydrogen) atoms. The summed E-state index contributed by atoms with van der Waals surface area (Å²) in [4.78, 5) is 4.46. The lowest BCUT2D eigenvalue weighted by molar-refractivity contribution is -0.810. The van der Waals surface area contributed by atoms with Crippen molar-refractivity contribution in [2.45, 2.75) is 32.6 Å². The SMILES string of the molecule is C=CC1=C2C(CNC)CC[N+]23CCCc2cnccc2C3=C1Nc1cccc(Cl)c1CC. The number of anilines is 1. The quantitative estimate of drug-likeness (QED) is 0.571. The Labute approximate surface area is 196 Å². The van der Waals surface area contributed by atoms with E-state index in [9.17, 15) is 0 Å². The summed E-state index contributed by atoms with van der Waals surface area (Å²) in [5.74, 6) is 0.510. The zero-order valence-corrected chi connectivity index (χ0v) is 19.8. The van der Waals surface area contributed by atoms with Gasteiger partial charge in [0.25, 0.3) is 0 Å². The second kappa shape index (κ2) is 8.51. The smallest absolute Gasteiger partial charge is 0.170 e. The minimum absolute atomic E-state index is 0.510. The molecule has 0 bridgehead atoms. The highest BCUT2D eigenvalue weighted by atomic mass is 35.5. The number of aryl methyl sites for hydroxylation is 1. The maximum atomic E-state index is 6.58. The Hall–Kier alpha value is -2.40. The monoisotopic (exact) mass is 447 g/mol. The average Bonchev–Trinajstić information content (AvgIpc) is 3.20. The standard InChI is InChI=1S/C27H32ClN4/c1-4-20-23(28)9-6-10-24(20)31-25-21(5-2)26-19(16-29-3)12-15-32(26)14-7-8-18-17-30-13-11-22(18)27(25)32/h5-6,9-11,13,17,19,29,31H,2,4,7-8,12,14-16H2,1,3H3/q+1. The minimum atomic E-state index is 0.510. The highest BCUT2D eigenvalue weighted by molar-refractivity contribution is 6.31. The first-order chi connectivity index (χ1) is 15.6. The largest absolute Gasteiger partial charge is 0.350 e. The van der Waals surface area contributed by atoms with E-state index >= 15 is 0 Å². The van der Waals surface area contributed by atoms with Gasteiger partial charge in [0.15, 0.2) is 5.70 Å². The lowest BCUT2D eigenvalue weighted by atomic mass is 9.98. The van der Waals surface area contributed by atoms with Gasteiger partial charge in [-0.05, 0) is 49.2 Å². The summed E-state index contributed by atoms with van der Waals surface area (Å²) in [6, 6.07) is 8.37. The van der Waals surface area contributed by atoms with Gasteiger partial charge in [-0.15, -0.1) is 0 Å². The van der Waals surface area contributed by atoms with Crippen LogP contribution in [-0.4, -0.2) is 36.1 Å². The van der Waals surface area contributed by atoms with Crippen LogP contribution in [0, 0.1) is 5.92 Å². The Morgan fingerprint density at radius 3 is 2.94 bits per heavy atom. The van der Waals surface area contributed by atoms with Crippen LogP contribution in [0.1, 0.15) is 36.5 Å². The molecule has 1 saturated heterocycles. The van der Waals surface area contributed by atoms with Crippen LogP contribution in [0.3, 0.4) is 0 Å². The number of pyridine rings is 1. The van der Waals surface area contributed by atoms with Gasteiger partial charge in [-0.1, -0.05) is 37.2 Å². The number of allylic oxidation sites excluding steroid dienone is 1. The highest BCUT2D eigenvalue weighted by Crippen LogP contribution is 2.55. The van der Waals surface area contributed by atoms with Crippen molar-refractivity contribution in [3.8, 4) is 0 Å². The molecule has 0 amide bonds. The molecule has 2 N–H and O–H groups in total. The van der Waals surface area contributed by atoms with Gasteiger partial charge in [0.2, 0.25) is 0 Å². The van der Waals surface area contributed by atoms with Gasteiger partial charge in [0.05, 0.1) is 24.6 Å². The number of fused-ring (bicyclic) bond motifs is 2. The molecule has 2 atom stereocenters. The van der Waals surface area contributed by atoms with Crippen LogP contribution < -0.4 is 10.6 Å². The first-order valence-corrected chi connectivity index (χ1v) is 12.1. The van der Waals surface area contributed by atoms with Crippen molar-refractivity contribution in [1.82, 2.24) is 10.3 Å². The number of quaternary nitrogens is 1. The summed E-state index contributed by atoms with van der Waals surface area (Å²) in [6.45, 7) is 9.70. The van der Waals surface area contributed by atoms with Crippen LogP contribution in [0.4, 0.5) is 5.69 Å². The molecule has 2 unspecified atom stereocenters. The van der Waals surface area contributed by atoms with E-state index in [1.54, 1.807) is 0 Å². The number of hydrogen-bond donors (Lipinski definition) is 2. The van der Waals surface area contributed by atoms with E-state index in [1.807, 2.05) is 18.3 Å². The topological polar surface area (TPSA) is 37.0 Å². The molecule has 1 aromatic carbocycles. The predicted molar refractivity (Wildman–Crippen MR) is 133 cm³/mol. The molecular weight excluding hydrogens is 416 g/mol. The van der Waals surface area contributed by atoms with Crippen molar-refractivity contribution in [1.29, 1.82) is 0 Å². The summed E-state index contributed by atoms with van der Waals surface area (Å²) in [5, 5.41) is 8.12. The lowest BCUT2D eigenvalue weighted by Crippen LogP contribution is -2.41. The van der Waals surface area contributed by atoms with E-state index in [2.05, 4.69) is 60.6 Å². The van der Waals surface area contributed by atoms with E-state index in [1.165, 1.54) is 40.2 Å². The molecule has 1 aromatic heterocycles. The number of nitrogens with one attached hydrogen (secondary N) is 2. The van der Waals surface area contributed by atoms with E-state index in [0.717, 1.165) is 59.7 Å². The minimum Gasteiger partial charge on any atom is -0.350 e. The molecule has 5 rings (SSSR count). The summed E-state index contributed by atoms with van der Waals surface area (Å²) in [6.07, 6.45) is 10.4. The van der Waals surface area contributed by atoms with Crippen LogP contribution in [0.5, 0.6) is 0 Å². The Morgan fingerprint density at radius 1 is 1.28 bits per heavy atom. The highest BCUT2D eigenvalue weighted by Gasteiger charge is 2.55. The van der Waals surface area contributed by atoms with Crippen LogP contribution in [-0.2, 0) is 12.8 Å². The molecule has 2 aromatic rings. The summed E-state index contributed by atoms with van der Waals surface area (Å²) >= 11 is 6.58. The fourth-order valence-electron chi connectivity index (χ4n) is 6.19. The number of benzene rings is 1. The number of halogens is 1.